The normalized spacial score (nSPS) is 10.9. The molecule has 0 spiro atoms. The molecule has 0 amide bonds. The summed E-state index contributed by atoms with van der Waals surface area (Å²) >= 11 is 0. The average Bonchev–Trinajstić information content (AvgIpc) is 0.887. The minimum atomic E-state index is -0.870. The summed E-state index contributed by atoms with van der Waals surface area (Å²) in [5.74, 6) is -1.59. The first kappa shape index (κ1) is 95.3. The predicted molar refractivity (Wildman–Crippen MR) is 428 cm³/mol. The number of Topliss-reactive ketones (excluding diaryl/α,β-unsaturated/α-hetero) is 9. The predicted octanol–water partition coefficient (Wildman–Crippen LogP) is 21.9. The van der Waals surface area contributed by atoms with Gasteiger partial charge in [0.15, 0.2) is 46.3 Å². The van der Waals surface area contributed by atoms with Crippen LogP contribution in [0, 0.1) is 0 Å². The number of carboxylic acid groups (broad SMARTS) is 3. The number of unbranched alkanes of at least 4 members (excludes halogenated alkanes) is 30. The average molecular weight is 1480 g/mol. The van der Waals surface area contributed by atoms with Crippen LogP contribution in [0.15, 0.2) is 97.1 Å². The Morgan fingerprint density at radius 1 is 0.215 bits per heavy atom. The van der Waals surface area contributed by atoms with Crippen molar-refractivity contribution in [2.24, 2.45) is 11.5 Å². The van der Waals surface area contributed by atoms with E-state index in [0.717, 1.165) is 206 Å². The maximum atomic E-state index is 12.8. The lowest BCUT2D eigenvalue weighted by Crippen LogP contribution is -2.04. The van der Waals surface area contributed by atoms with Crippen LogP contribution in [0.1, 0.15) is 417 Å². The fourth-order valence-electron chi connectivity index (χ4n) is 12.8. The molecule has 0 fully saturated rings. The zero-order chi connectivity index (χ0) is 78.3. The summed E-state index contributed by atoms with van der Waals surface area (Å²) in [6.07, 6.45) is 41.4. The molecule has 0 atom stereocenters. The molecule has 0 heterocycles. The van der Waals surface area contributed by atoms with Crippen LogP contribution in [0.2, 0.25) is 0 Å². The number of benzene rings is 4. The Bertz CT molecular complexity index is 3140. The molecule has 7 N–H and O–H groups in total. The standard InChI is InChI=1S/C46H66O7.C38H56N2O4.C6H10O4/c1-2-3-4-5-11-16-30-42(48)37-24-22-25-38(35-37)44(50)32-18-13-8-9-14-19-33-45(51)40-27-23-26-39(36-40)43(49)31-17-12-7-6-10-15-28-41(47)29-20-21-34-46(52)53;39-27-15-9-3-7-13-25-37(43)33-21-17-19-31(29-33)35(41)23-11-5-1-2-6-12-24-36(42)32-20-18-22-34(30-32)38(44)26-14-8-4-10-16-28-40;7-5(8)3-1-2-4-6(9)10/h22-27,35-36H,2-21,28-34H2,1H3,(H,52,53);17-22,29-30H,1-16,23-28,39-40H2;1-4H2,(H,7,8)(H,9,10). The summed E-state index contributed by atoms with van der Waals surface area (Å²) in [5, 5.41) is 24.9. The SMILES string of the molecule is CCCCCCCCC(=O)c1cccc(C(=O)CCCCCCCCC(=O)c2cccc(C(=O)CCCCCCCCC(=O)CCCCC(=O)O)c2)c1.NCCCCCCCC(=O)c1cccc(C(=O)CCCCCCCCC(=O)c2cccc(C(=O)CCCCCCCN)c2)c1.O=C(O)CCCCC(=O)O. The highest BCUT2D eigenvalue weighted by atomic mass is 16.4. The molecule has 0 bridgehead atoms. The van der Waals surface area contributed by atoms with E-state index < -0.39 is 17.9 Å². The van der Waals surface area contributed by atoms with E-state index in [4.69, 9.17) is 26.8 Å². The summed E-state index contributed by atoms with van der Waals surface area (Å²) in [6.45, 7) is 3.64. The van der Waals surface area contributed by atoms with Crippen molar-refractivity contribution in [3.63, 3.8) is 0 Å². The topological polar surface area (TPSA) is 318 Å². The van der Waals surface area contributed by atoms with E-state index in [-0.39, 0.29) is 71.3 Å². The van der Waals surface area contributed by atoms with Gasteiger partial charge in [-0.1, -0.05) is 227 Å². The molecule has 0 unspecified atom stereocenters. The maximum absolute atomic E-state index is 12.8. The second-order valence-electron chi connectivity index (χ2n) is 28.8. The van der Waals surface area contributed by atoms with Crippen LogP contribution in [0.4, 0.5) is 0 Å². The van der Waals surface area contributed by atoms with Gasteiger partial charge in [-0.05, 0) is 134 Å². The van der Waals surface area contributed by atoms with Gasteiger partial charge in [-0.3, -0.25) is 57.5 Å². The van der Waals surface area contributed by atoms with Crippen LogP contribution < -0.4 is 11.5 Å². The minimum Gasteiger partial charge on any atom is -0.481 e. The van der Waals surface area contributed by atoms with Crippen LogP contribution in [-0.2, 0) is 19.2 Å². The molecule has 4 aromatic carbocycles. The molecule has 4 aromatic rings. The second kappa shape index (κ2) is 63.2. The van der Waals surface area contributed by atoms with Crippen molar-refractivity contribution in [3.05, 3.63) is 142 Å². The molecule has 0 aliphatic heterocycles. The Balaban J connectivity index is 0.000000651. The van der Waals surface area contributed by atoms with Gasteiger partial charge in [0.2, 0.25) is 0 Å². The van der Waals surface area contributed by atoms with E-state index in [1.54, 1.807) is 54.6 Å². The van der Waals surface area contributed by atoms with Gasteiger partial charge in [0.25, 0.3) is 0 Å². The molecular weight excluding hydrogens is 1350 g/mol. The molecule has 4 rings (SSSR count). The number of hydrogen-bond acceptors (Lipinski definition) is 14. The van der Waals surface area contributed by atoms with Crippen LogP contribution in [0.5, 0.6) is 0 Å². The van der Waals surface area contributed by atoms with Crippen LogP contribution >= 0.6 is 0 Å². The zero-order valence-electron chi connectivity index (χ0n) is 65.1. The molecule has 0 aromatic heterocycles. The lowest BCUT2D eigenvalue weighted by atomic mass is 9.97. The number of carbonyl (C=O) groups excluding carboxylic acids is 9. The molecule has 0 aliphatic carbocycles. The first-order valence-electron chi connectivity index (χ1n) is 41.0. The van der Waals surface area contributed by atoms with E-state index in [2.05, 4.69) is 6.92 Å². The van der Waals surface area contributed by atoms with Gasteiger partial charge >= 0.3 is 17.9 Å². The summed E-state index contributed by atoms with van der Waals surface area (Å²) in [4.78, 5) is 144. The Hall–Kier alpha value is -7.76. The lowest BCUT2D eigenvalue weighted by molar-refractivity contribution is -0.139. The maximum Gasteiger partial charge on any atom is 0.303 e. The van der Waals surface area contributed by atoms with Crippen LogP contribution in [0.25, 0.3) is 0 Å². The number of rotatable bonds is 66. The third-order valence-corrected chi connectivity index (χ3v) is 19.4. The number of carboxylic acids is 3. The Kier molecular flexibility index (Phi) is 56.3. The third-order valence-electron chi connectivity index (χ3n) is 19.4. The highest BCUT2D eigenvalue weighted by molar-refractivity contribution is 6.04. The first-order chi connectivity index (χ1) is 51.8. The number of carbonyl (C=O) groups is 12. The highest BCUT2D eigenvalue weighted by Crippen LogP contribution is 2.22. The Morgan fingerprint density at radius 3 is 0.542 bits per heavy atom. The van der Waals surface area contributed by atoms with Gasteiger partial charge in [0.1, 0.15) is 5.78 Å². The Labute approximate surface area is 640 Å². The van der Waals surface area contributed by atoms with Gasteiger partial charge in [-0.25, -0.2) is 0 Å². The zero-order valence-corrected chi connectivity index (χ0v) is 65.1. The van der Waals surface area contributed by atoms with E-state index >= 15 is 0 Å². The molecule has 0 radical (unpaired) electrons. The lowest BCUT2D eigenvalue weighted by Gasteiger charge is -2.06. The molecule has 17 nitrogen and oxygen atoms in total. The smallest absolute Gasteiger partial charge is 0.303 e. The number of aliphatic carboxylic acids is 3. The minimum absolute atomic E-state index is 0.0628. The van der Waals surface area contributed by atoms with Gasteiger partial charge < -0.3 is 26.8 Å². The van der Waals surface area contributed by atoms with Crippen molar-refractivity contribution >= 4 is 70.0 Å². The summed E-state index contributed by atoms with van der Waals surface area (Å²) < 4.78 is 0. The molecule has 17 heteroatoms. The third kappa shape index (κ3) is 49.7. The van der Waals surface area contributed by atoms with Crippen molar-refractivity contribution in [2.45, 2.75) is 334 Å². The van der Waals surface area contributed by atoms with Gasteiger partial charge in [0, 0.05) is 128 Å². The van der Waals surface area contributed by atoms with Crippen molar-refractivity contribution in [1.82, 2.24) is 0 Å². The summed E-state index contributed by atoms with van der Waals surface area (Å²) in [6, 6.07) is 28.7. The van der Waals surface area contributed by atoms with Crippen LogP contribution in [-0.4, -0.2) is 98.4 Å². The van der Waals surface area contributed by atoms with Crippen molar-refractivity contribution in [1.29, 1.82) is 0 Å². The van der Waals surface area contributed by atoms with Crippen LogP contribution in [0.3, 0.4) is 0 Å². The first-order valence-corrected chi connectivity index (χ1v) is 41.0. The Morgan fingerprint density at radius 2 is 0.364 bits per heavy atom. The van der Waals surface area contributed by atoms with E-state index in [9.17, 15) is 57.5 Å². The monoisotopic (exact) mass is 1480 g/mol. The van der Waals surface area contributed by atoms with E-state index in [1.165, 1.54) is 25.7 Å². The van der Waals surface area contributed by atoms with E-state index in [1.807, 2.05) is 42.5 Å². The van der Waals surface area contributed by atoms with Gasteiger partial charge in [0.05, 0.1) is 0 Å². The van der Waals surface area contributed by atoms with Crippen molar-refractivity contribution in [3.8, 4) is 0 Å². The van der Waals surface area contributed by atoms with Crippen molar-refractivity contribution < 1.29 is 72.9 Å². The van der Waals surface area contributed by atoms with Crippen molar-refractivity contribution in [2.75, 3.05) is 13.1 Å². The fourth-order valence-corrected chi connectivity index (χ4v) is 12.8. The molecular formula is C90H132N2O15. The number of hydrogen-bond donors (Lipinski definition) is 5. The second-order valence-corrected chi connectivity index (χ2v) is 28.8. The largest absolute Gasteiger partial charge is 0.481 e. The highest BCUT2D eigenvalue weighted by Gasteiger charge is 2.17. The molecule has 592 valence electrons. The summed E-state index contributed by atoms with van der Waals surface area (Å²) in [7, 11) is 0. The molecule has 0 aliphatic rings. The molecule has 0 saturated carbocycles. The van der Waals surface area contributed by atoms with Gasteiger partial charge in [-0.15, -0.1) is 0 Å². The number of nitrogens with two attached hydrogens (primary N) is 2. The quantitative estimate of drug-likeness (QED) is 0.0203. The van der Waals surface area contributed by atoms with Gasteiger partial charge in [-0.2, -0.15) is 0 Å². The fraction of sp³-hybridized carbons (Fsp3) is 0.600. The molecule has 0 saturated heterocycles. The van der Waals surface area contributed by atoms with E-state index in [0.29, 0.717) is 134 Å². The molecule has 107 heavy (non-hydrogen) atoms. The summed E-state index contributed by atoms with van der Waals surface area (Å²) in [5.41, 5.74) is 16.0. The number of ketones is 9.